The van der Waals surface area contributed by atoms with Crippen molar-refractivity contribution in [2.75, 3.05) is 0 Å². The van der Waals surface area contributed by atoms with Gasteiger partial charge in [-0.1, -0.05) is 78.4 Å². The fourth-order valence-corrected chi connectivity index (χ4v) is 5.11. The van der Waals surface area contributed by atoms with Crippen LogP contribution in [0.1, 0.15) is 22.3 Å². The van der Waals surface area contributed by atoms with Gasteiger partial charge in [0.1, 0.15) is 5.54 Å². The Labute approximate surface area is 142 Å². The minimum absolute atomic E-state index is 0.343. The van der Waals surface area contributed by atoms with Crippen molar-refractivity contribution < 1.29 is 8.42 Å². The highest BCUT2D eigenvalue weighted by molar-refractivity contribution is 7.90. The second kappa shape index (κ2) is 5.30. The van der Waals surface area contributed by atoms with E-state index in [4.69, 9.17) is 0 Å². The van der Waals surface area contributed by atoms with E-state index >= 15 is 0 Å². The zero-order valence-electron chi connectivity index (χ0n) is 13.2. The zero-order valence-corrected chi connectivity index (χ0v) is 14.0. The van der Waals surface area contributed by atoms with Gasteiger partial charge < -0.3 is 0 Å². The second-order valence-electron chi connectivity index (χ2n) is 6.09. The first-order chi connectivity index (χ1) is 11.5. The number of hydrogen-bond acceptors (Lipinski definition) is 2. The van der Waals surface area contributed by atoms with E-state index in [1.54, 1.807) is 12.1 Å². The summed E-state index contributed by atoms with van der Waals surface area (Å²) in [5.41, 5.74) is 2.78. The fraction of sp³-hybridized carbons (Fsp3) is 0.100. The lowest BCUT2D eigenvalue weighted by Crippen LogP contribution is -2.41. The van der Waals surface area contributed by atoms with Crippen molar-refractivity contribution in [1.29, 1.82) is 0 Å². The van der Waals surface area contributed by atoms with E-state index in [0.29, 0.717) is 4.90 Å². The number of aryl methyl sites for hydroxylation is 1. The normalized spacial score (nSPS) is 21.4. The molecule has 0 aliphatic carbocycles. The molecular formula is C20H17NO2S. The summed E-state index contributed by atoms with van der Waals surface area (Å²) in [7, 11) is -3.57. The number of hydrogen-bond donors (Lipinski definition) is 1. The maximum Gasteiger partial charge on any atom is 0.242 e. The van der Waals surface area contributed by atoms with E-state index in [0.717, 1.165) is 22.3 Å². The predicted molar refractivity (Wildman–Crippen MR) is 94.3 cm³/mol. The third-order valence-electron chi connectivity index (χ3n) is 4.53. The van der Waals surface area contributed by atoms with Crippen LogP contribution in [0.25, 0.3) is 0 Å². The van der Waals surface area contributed by atoms with Crippen LogP contribution < -0.4 is 4.72 Å². The molecule has 0 bridgehead atoms. The van der Waals surface area contributed by atoms with Gasteiger partial charge in [-0.2, -0.15) is 4.72 Å². The number of sulfonamides is 1. The minimum atomic E-state index is -3.57. The Morgan fingerprint density at radius 1 is 0.792 bits per heavy atom. The Balaban J connectivity index is 2.12. The summed E-state index contributed by atoms with van der Waals surface area (Å²) in [6, 6.07) is 24.9. The molecule has 1 aliphatic rings. The molecule has 0 aromatic heterocycles. The Hall–Kier alpha value is -2.43. The van der Waals surface area contributed by atoms with Gasteiger partial charge in [-0.15, -0.1) is 0 Å². The Morgan fingerprint density at radius 3 is 2.21 bits per heavy atom. The highest BCUT2D eigenvalue weighted by Crippen LogP contribution is 2.45. The van der Waals surface area contributed by atoms with E-state index < -0.39 is 15.6 Å². The molecule has 0 unspecified atom stereocenters. The summed E-state index contributed by atoms with van der Waals surface area (Å²) in [4.78, 5) is 0.343. The van der Waals surface area contributed by atoms with Crippen molar-refractivity contribution in [1.82, 2.24) is 4.72 Å². The van der Waals surface area contributed by atoms with Crippen LogP contribution in [0.2, 0.25) is 0 Å². The van der Waals surface area contributed by atoms with Gasteiger partial charge in [0.25, 0.3) is 0 Å². The van der Waals surface area contributed by atoms with Gasteiger partial charge in [0, 0.05) is 5.56 Å². The molecule has 0 spiro atoms. The smallest absolute Gasteiger partial charge is 0.207 e. The van der Waals surface area contributed by atoms with Crippen molar-refractivity contribution in [2.45, 2.75) is 17.4 Å². The average molecular weight is 335 g/mol. The Kier molecular flexibility index (Phi) is 3.34. The van der Waals surface area contributed by atoms with Crippen molar-refractivity contribution in [2.24, 2.45) is 0 Å². The molecule has 120 valence electrons. The first-order valence-electron chi connectivity index (χ1n) is 7.80. The SMILES string of the molecule is Cc1cccc([C@@]2(c3ccccc3)NS(=O)(=O)c3ccccc32)c1. The van der Waals surface area contributed by atoms with Crippen LogP contribution in [0.5, 0.6) is 0 Å². The van der Waals surface area contributed by atoms with E-state index in [1.165, 1.54) is 0 Å². The largest absolute Gasteiger partial charge is 0.242 e. The van der Waals surface area contributed by atoms with Gasteiger partial charge in [-0.25, -0.2) is 8.42 Å². The summed E-state index contributed by atoms with van der Waals surface area (Å²) < 4.78 is 28.5. The van der Waals surface area contributed by atoms with Gasteiger partial charge >= 0.3 is 0 Å². The molecule has 4 rings (SSSR count). The molecule has 1 heterocycles. The molecular weight excluding hydrogens is 318 g/mol. The molecule has 0 saturated heterocycles. The van der Waals surface area contributed by atoms with Crippen LogP contribution in [0, 0.1) is 6.92 Å². The Bertz CT molecular complexity index is 1010. The molecule has 0 saturated carbocycles. The second-order valence-corrected chi connectivity index (χ2v) is 7.74. The molecule has 0 amide bonds. The number of rotatable bonds is 2. The summed E-state index contributed by atoms with van der Waals surface area (Å²) in [5, 5.41) is 0. The average Bonchev–Trinajstić information content (AvgIpc) is 2.85. The molecule has 24 heavy (non-hydrogen) atoms. The van der Waals surface area contributed by atoms with E-state index in [2.05, 4.69) is 4.72 Å². The summed E-state index contributed by atoms with van der Waals surface area (Å²) >= 11 is 0. The van der Waals surface area contributed by atoms with Crippen LogP contribution in [0.4, 0.5) is 0 Å². The summed E-state index contributed by atoms with van der Waals surface area (Å²) in [6.07, 6.45) is 0. The van der Waals surface area contributed by atoms with E-state index in [9.17, 15) is 8.42 Å². The molecule has 3 aromatic carbocycles. The number of nitrogens with one attached hydrogen (secondary N) is 1. The van der Waals surface area contributed by atoms with Crippen molar-refractivity contribution in [3.8, 4) is 0 Å². The van der Waals surface area contributed by atoms with Gasteiger partial charge in [0.05, 0.1) is 4.90 Å². The third kappa shape index (κ3) is 2.11. The van der Waals surface area contributed by atoms with Crippen LogP contribution in [-0.2, 0) is 15.6 Å². The topological polar surface area (TPSA) is 46.2 Å². The minimum Gasteiger partial charge on any atom is -0.207 e. The zero-order chi connectivity index (χ0) is 16.8. The molecule has 1 atom stereocenters. The van der Waals surface area contributed by atoms with Crippen LogP contribution >= 0.6 is 0 Å². The third-order valence-corrected chi connectivity index (χ3v) is 6.04. The monoisotopic (exact) mass is 335 g/mol. The standard InChI is InChI=1S/C20H17NO2S/c1-15-8-7-11-17(14-15)20(16-9-3-2-4-10-16)18-12-5-6-13-19(18)24(22,23)21-20/h2-14,21H,1H3/t20-/m1/s1. The van der Waals surface area contributed by atoms with E-state index in [1.807, 2.05) is 73.7 Å². The molecule has 0 fully saturated rings. The highest BCUT2D eigenvalue weighted by atomic mass is 32.2. The van der Waals surface area contributed by atoms with Crippen LogP contribution in [0.3, 0.4) is 0 Å². The highest BCUT2D eigenvalue weighted by Gasteiger charge is 2.48. The van der Waals surface area contributed by atoms with E-state index in [-0.39, 0.29) is 0 Å². The molecule has 3 nitrogen and oxygen atoms in total. The van der Waals surface area contributed by atoms with Gasteiger partial charge in [-0.3, -0.25) is 0 Å². The van der Waals surface area contributed by atoms with Crippen LogP contribution in [0.15, 0.2) is 83.8 Å². The first kappa shape index (κ1) is 15.1. The molecule has 3 aromatic rings. The lowest BCUT2D eigenvalue weighted by atomic mass is 9.77. The summed E-state index contributed by atoms with van der Waals surface area (Å²) in [5.74, 6) is 0. The molecule has 1 N–H and O–H groups in total. The van der Waals surface area contributed by atoms with Crippen molar-refractivity contribution >= 4 is 10.0 Å². The maximum atomic E-state index is 12.8. The quantitative estimate of drug-likeness (QED) is 0.778. The van der Waals surface area contributed by atoms with Gasteiger partial charge in [-0.05, 0) is 24.1 Å². The number of benzene rings is 3. The van der Waals surface area contributed by atoms with Crippen molar-refractivity contribution in [3.05, 3.63) is 101 Å². The summed E-state index contributed by atoms with van der Waals surface area (Å²) in [6.45, 7) is 2.01. The molecule has 1 aliphatic heterocycles. The lowest BCUT2D eigenvalue weighted by Gasteiger charge is -2.31. The van der Waals surface area contributed by atoms with Gasteiger partial charge in [0.15, 0.2) is 0 Å². The Morgan fingerprint density at radius 2 is 1.46 bits per heavy atom. The number of fused-ring (bicyclic) bond motifs is 1. The van der Waals surface area contributed by atoms with Gasteiger partial charge in [0.2, 0.25) is 10.0 Å². The molecule has 4 heteroatoms. The van der Waals surface area contributed by atoms with Crippen LogP contribution in [-0.4, -0.2) is 8.42 Å². The fourth-order valence-electron chi connectivity index (χ4n) is 3.48. The molecule has 0 radical (unpaired) electrons. The van der Waals surface area contributed by atoms with Crippen molar-refractivity contribution in [3.63, 3.8) is 0 Å². The maximum absolute atomic E-state index is 12.8. The predicted octanol–water partition coefficient (Wildman–Crippen LogP) is 3.58. The first-order valence-corrected chi connectivity index (χ1v) is 9.28. The lowest BCUT2D eigenvalue weighted by molar-refractivity contribution is 0.552.